The number of fused-ring (bicyclic) bond motifs is 1. The van der Waals surface area contributed by atoms with Crippen LogP contribution >= 0.6 is 12.2 Å². The molecule has 0 N–H and O–H groups in total. The maximum Gasteiger partial charge on any atom is 0.319 e. The highest BCUT2D eigenvalue weighted by Crippen LogP contribution is 2.30. The molecule has 0 fully saturated rings. The molecule has 1 aliphatic heterocycles. The zero-order chi connectivity index (χ0) is 13.1. The lowest BCUT2D eigenvalue weighted by Crippen LogP contribution is -2.29. The van der Waals surface area contributed by atoms with Gasteiger partial charge in [0.05, 0.1) is 17.9 Å². The van der Waals surface area contributed by atoms with Crippen molar-refractivity contribution < 1.29 is 9.53 Å². The van der Waals surface area contributed by atoms with Crippen molar-refractivity contribution in [3.05, 3.63) is 29.3 Å². The molecule has 1 aromatic carbocycles. The van der Waals surface area contributed by atoms with Gasteiger partial charge < -0.3 is 4.74 Å². The molecule has 0 amide bonds. The zero-order valence-corrected chi connectivity index (χ0v) is 10.5. The zero-order valence-electron chi connectivity index (χ0n) is 9.71. The first-order chi connectivity index (χ1) is 8.69. The molecule has 1 aromatic rings. The van der Waals surface area contributed by atoms with Gasteiger partial charge >= 0.3 is 5.97 Å². The number of nitrogens with zero attached hydrogens (tertiary/aromatic N) is 2. The van der Waals surface area contributed by atoms with E-state index in [4.69, 9.17) is 22.2 Å². The van der Waals surface area contributed by atoms with Crippen molar-refractivity contribution in [3.63, 3.8) is 0 Å². The van der Waals surface area contributed by atoms with E-state index in [2.05, 4.69) is 11.1 Å². The van der Waals surface area contributed by atoms with E-state index in [0.717, 1.165) is 0 Å². The second-order valence-electron chi connectivity index (χ2n) is 3.69. The molecule has 0 bridgehead atoms. The molecular weight excluding hydrogens is 248 g/mol. The van der Waals surface area contributed by atoms with E-state index in [0.29, 0.717) is 28.3 Å². The van der Waals surface area contributed by atoms with Gasteiger partial charge in [0.25, 0.3) is 0 Å². The predicted octanol–water partition coefficient (Wildman–Crippen LogP) is 2.17. The lowest BCUT2D eigenvalue weighted by Gasteiger charge is -2.19. The van der Waals surface area contributed by atoms with Gasteiger partial charge in [-0.3, -0.25) is 9.79 Å². The van der Waals surface area contributed by atoms with E-state index in [9.17, 15) is 4.79 Å². The van der Waals surface area contributed by atoms with Crippen molar-refractivity contribution in [3.8, 4) is 6.07 Å². The quantitative estimate of drug-likeness (QED) is 0.602. The number of hydrogen-bond acceptors (Lipinski definition) is 5. The third kappa shape index (κ3) is 2.03. The lowest BCUT2D eigenvalue weighted by molar-refractivity contribution is -0.143. The Morgan fingerprint density at radius 3 is 3.06 bits per heavy atom. The van der Waals surface area contributed by atoms with Gasteiger partial charge in [-0.15, -0.1) is 0 Å². The molecule has 5 heteroatoms. The maximum atomic E-state index is 11.7. The number of carbonyl (C=O) groups excluding carboxylic acids is 1. The largest absolute Gasteiger partial charge is 0.465 e. The number of esters is 1. The average molecular weight is 258 g/mol. The summed E-state index contributed by atoms with van der Waals surface area (Å²) in [5.41, 5.74) is 1.64. The molecule has 1 aliphatic rings. The van der Waals surface area contributed by atoms with Gasteiger partial charge in [-0.2, -0.15) is 5.26 Å². The van der Waals surface area contributed by atoms with Gasteiger partial charge in [-0.25, -0.2) is 0 Å². The smallest absolute Gasteiger partial charge is 0.319 e. The summed E-state index contributed by atoms with van der Waals surface area (Å²) in [4.78, 5) is 16.3. The molecule has 2 rings (SSSR count). The minimum absolute atomic E-state index is 0.302. The van der Waals surface area contributed by atoms with Crippen molar-refractivity contribution in [1.29, 1.82) is 5.26 Å². The Morgan fingerprint density at radius 1 is 1.61 bits per heavy atom. The number of nitriles is 1. The fourth-order valence-electron chi connectivity index (χ4n) is 1.76. The van der Waals surface area contributed by atoms with Gasteiger partial charge in [-0.1, -0.05) is 24.4 Å². The van der Waals surface area contributed by atoms with E-state index < -0.39 is 11.9 Å². The lowest BCUT2D eigenvalue weighted by atomic mass is 9.94. The Labute approximate surface area is 110 Å². The average Bonchev–Trinajstić information content (AvgIpc) is 2.39. The summed E-state index contributed by atoms with van der Waals surface area (Å²) in [5, 5.41) is 8.98. The molecule has 0 saturated carbocycles. The second kappa shape index (κ2) is 5.07. The molecule has 0 aromatic heterocycles. The number of aliphatic imine (C=N–C) groups is 1. The highest BCUT2D eigenvalue weighted by molar-refractivity contribution is 7.81. The van der Waals surface area contributed by atoms with Gasteiger partial charge in [0.15, 0.2) is 0 Å². The Bertz CT molecular complexity index is 587. The molecular formula is C13H10N2O2S. The van der Waals surface area contributed by atoms with E-state index in [1.165, 1.54) is 6.21 Å². The second-order valence-corrected chi connectivity index (χ2v) is 4.13. The highest BCUT2D eigenvalue weighted by atomic mass is 32.1. The summed E-state index contributed by atoms with van der Waals surface area (Å²) in [6.45, 7) is 2.04. The molecule has 0 radical (unpaired) electrons. The first-order valence-corrected chi connectivity index (χ1v) is 5.88. The minimum atomic E-state index is -0.638. The fourth-order valence-corrected chi connectivity index (χ4v) is 2.08. The number of rotatable bonds is 2. The van der Waals surface area contributed by atoms with Gasteiger partial charge in [0, 0.05) is 16.6 Å². The van der Waals surface area contributed by atoms with Gasteiger partial charge in [-0.05, 0) is 13.0 Å². The fraction of sp³-hybridized carbons (Fsp3) is 0.231. The van der Waals surface area contributed by atoms with Gasteiger partial charge in [0.2, 0.25) is 0 Å². The van der Waals surface area contributed by atoms with Crippen LogP contribution in [0.5, 0.6) is 0 Å². The summed E-state index contributed by atoms with van der Waals surface area (Å²) in [5.74, 6) is -1.04. The van der Waals surface area contributed by atoms with Crippen molar-refractivity contribution >= 4 is 35.0 Å². The summed E-state index contributed by atoms with van der Waals surface area (Å²) >= 11 is 5.28. The molecule has 1 atom stereocenters. The molecule has 0 aliphatic carbocycles. The van der Waals surface area contributed by atoms with Crippen LogP contribution in [-0.2, 0) is 9.53 Å². The molecule has 18 heavy (non-hydrogen) atoms. The number of thiocarbonyl (C=S) groups is 1. The molecule has 1 heterocycles. The van der Waals surface area contributed by atoms with Crippen LogP contribution < -0.4 is 0 Å². The molecule has 1 unspecified atom stereocenters. The Hall–Kier alpha value is -2.06. The summed E-state index contributed by atoms with van der Waals surface area (Å²) in [7, 11) is 0. The van der Waals surface area contributed by atoms with Crippen molar-refractivity contribution in [2.45, 2.75) is 6.92 Å². The SMILES string of the molecule is CCOC(=O)C1C=Nc2c(C#N)cccc2C1=S. The van der Waals surface area contributed by atoms with E-state index in [-0.39, 0.29) is 0 Å². The minimum Gasteiger partial charge on any atom is -0.465 e. The Morgan fingerprint density at radius 2 is 2.39 bits per heavy atom. The van der Waals surface area contributed by atoms with Crippen molar-refractivity contribution in [2.75, 3.05) is 6.61 Å². The van der Waals surface area contributed by atoms with E-state index in [1.54, 1.807) is 25.1 Å². The van der Waals surface area contributed by atoms with Crippen molar-refractivity contribution in [1.82, 2.24) is 0 Å². The van der Waals surface area contributed by atoms with Crippen LogP contribution in [0.25, 0.3) is 0 Å². The molecule has 4 nitrogen and oxygen atoms in total. The monoisotopic (exact) mass is 258 g/mol. The van der Waals surface area contributed by atoms with Crippen LogP contribution in [0.4, 0.5) is 5.69 Å². The molecule has 90 valence electrons. The van der Waals surface area contributed by atoms with Crippen LogP contribution in [-0.4, -0.2) is 23.7 Å². The van der Waals surface area contributed by atoms with Gasteiger partial charge in [0.1, 0.15) is 12.0 Å². The third-order valence-electron chi connectivity index (χ3n) is 2.60. The third-order valence-corrected chi connectivity index (χ3v) is 3.07. The molecule has 0 saturated heterocycles. The first-order valence-electron chi connectivity index (χ1n) is 5.47. The maximum absolute atomic E-state index is 11.7. The van der Waals surface area contributed by atoms with Crippen LogP contribution in [0, 0.1) is 17.2 Å². The van der Waals surface area contributed by atoms with Crippen LogP contribution in [0.1, 0.15) is 18.1 Å². The highest BCUT2D eigenvalue weighted by Gasteiger charge is 2.29. The van der Waals surface area contributed by atoms with Crippen molar-refractivity contribution in [2.24, 2.45) is 10.9 Å². The number of benzene rings is 1. The Kier molecular flexibility index (Phi) is 3.49. The predicted molar refractivity (Wildman–Crippen MR) is 71.1 cm³/mol. The van der Waals surface area contributed by atoms with E-state index in [1.807, 2.05) is 0 Å². The summed E-state index contributed by atoms with van der Waals surface area (Å²) < 4.78 is 4.94. The normalized spacial score (nSPS) is 16.9. The van der Waals surface area contributed by atoms with Crippen LogP contribution in [0.15, 0.2) is 23.2 Å². The van der Waals surface area contributed by atoms with Crippen LogP contribution in [0.2, 0.25) is 0 Å². The number of ether oxygens (including phenoxy) is 1. The van der Waals surface area contributed by atoms with E-state index >= 15 is 0 Å². The topological polar surface area (TPSA) is 62.4 Å². The first kappa shape index (κ1) is 12.4. The standard InChI is InChI=1S/C13H10N2O2S/c1-2-17-13(16)10-7-15-11-8(6-14)4-3-5-9(11)12(10)18/h3-5,7,10H,2H2,1H3. The molecule has 0 spiro atoms. The summed E-state index contributed by atoms with van der Waals surface area (Å²) in [6, 6.07) is 7.22. The number of hydrogen-bond donors (Lipinski definition) is 0. The summed E-state index contributed by atoms with van der Waals surface area (Å²) in [6.07, 6.45) is 1.45. The number of carbonyl (C=O) groups is 1. The van der Waals surface area contributed by atoms with Crippen LogP contribution in [0.3, 0.4) is 0 Å². The Balaban J connectivity index is 2.42. The number of para-hydroxylation sites is 1.